The lowest BCUT2D eigenvalue weighted by molar-refractivity contribution is -0.116. The van der Waals surface area contributed by atoms with Crippen LogP contribution in [0.25, 0.3) is 0 Å². The minimum atomic E-state index is -0.302. The molecule has 5 heteroatoms. The van der Waals surface area contributed by atoms with Gasteiger partial charge in [0.25, 0.3) is 0 Å². The Balaban J connectivity index is 0.00000225. The normalized spacial score (nSPS) is 15.2. The van der Waals surface area contributed by atoms with Gasteiger partial charge in [-0.15, -0.1) is 12.4 Å². The molecule has 1 aliphatic rings. The zero-order valence-corrected chi connectivity index (χ0v) is 15.0. The fourth-order valence-electron chi connectivity index (χ4n) is 3.08. The molecule has 0 radical (unpaired) electrons. The number of carbonyl (C=O) groups is 1. The van der Waals surface area contributed by atoms with Gasteiger partial charge in [0, 0.05) is 24.2 Å². The van der Waals surface area contributed by atoms with E-state index in [9.17, 15) is 4.79 Å². The van der Waals surface area contributed by atoms with Crippen molar-refractivity contribution in [2.24, 2.45) is 5.73 Å². The van der Waals surface area contributed by atoms with Crippen molar-refractivity contribution in [3.8, 4) is 5.75 Å². The topological polar surface area (TPSA) is 64.4 Å². The maximum absolute atomic E-state index is 12.2. The molecule has 1 atom stereocenters. The molecule has 3 rings (SSSR count). The smallest absolute Gasteiger partial charge is 0.226 e. The van der Waals surface area contributed by atoms with Gasteiger partial charge in [-0.2, -0.15) is 0 Å². The van der Waals surface area contributed by atoms with Crippen molar-refractivity contribution in [1.29, 1.82) is 0 Å². The van der Waals surface area contributed by atoms with Crippen molar-refractivity contribution in [2.45, 2.75) is 44.2 Å². The number of hydrogen-bond acceptors (Lipinski definition) is 3. The van der Waals surface area contributed by atoms with Gasteiger partial charge in [-0.25, -0.2) is 0 Å². The zero-order valence-electron chi connectivity index (χ0n) is 14.2. The number of carbonyl (C=O) groups excluding carboxylic acids is 1. The summed E-state index contributed by atoms with van der Waals surface area (Å²) in [6, 6.07) is 16.9. The van der Waals surface area contributed by atoms with E-state index in [-0.39, 0.29) is 30.8 Å². The van der Waals surface area contributed by atoms with Crippen LogP contribution >= 0.6 is 12.4 Å². The van der Waals surface area contributed by atoms with Crippen LogP contribution in [0.4, 0.5) is 5.69 Å². The number of nitrogens with one attached hydrogen (secondary N) is 1. The summed E-state index contributed by atoms with van der Waals surface area (Å²) in [7, 11) is 0. The molecule has 1 amide bonds. The van der Waals surface area contributed by atoms with Gasteiger partial charge in [-0.1, -0.05) is 36.4 Å². The number of amides is 1. The van der Waals surface area contributed by atoms with Crippen LogP contribution in [-0.4, -0.2) is 12.0 Å². The van der Waals surface area contributed by atoms with Gasteiger partial charge in [-0.3, -0.25) is 4.79 Å². The standard InChI is InChI=1S/C20H24N2O2.ClH/c21-19(15-7-2-1-3-8-15)14-20(23)22-16-9-6-12-18(13-16)24-17-10-4-5-11-17;/h1-3,6-9,12-13,17,19H,4-5,10-11,14,21H2,(H,22,23);1H. The maximum Gasteiger partial charge on any atom is 0.226 e. The molecule has 134 valence electrons. The zero-order chi connectivity index (χ0) is 16.8. The summed E-state index contributed by atoms with van der Waals surface area (Å²) < 4.78 is 5.97. The maximum atomic E-state index is 12.2. The molecule has 3 N–H and O–H groups in total. The second kappa shape index (κ2) is 9.44. The van der Waals surface area contributed by atoms with Gasteiger partial charge in [-0.05, 0) is 43.4 Å². The molecule has 1 unspecified atom stereocenters. The summed E-state index contributed by atoms with van der Waals surface area (Å²) in [6.45, 7) is 0. The van der Waals surface area contributed by atoms with Crippen LogP contribution in [0.2, 0.25) is 0 Å². The average molecular weight is 361 g/mol. The Hall–Kier alpha value is -2.04. The van der Waals surface area contributed by atoms with Crippen LogP contribution in [0, 0.1) is 0 Å². The number of nitrogens with two attached hydrogens (primary N) is 1. The Morgan fingerprint density at radius 2 is 1.84 bits per heavy atom. The third-order valence-corrected chi connectivity index (χ3v) is 4.36. The fraction of sp³-hybridized carbons (Fsp3) is 0.350. The van der Waals surface area contributed by atoms with Crippen molar-refractivity contribution in [2.75, 3.05) is 5.32 Å². The highest BCUT2D eigenvalue weighted by Crippen LogP contribution is 2.26. The summed E-state index contributed by atoms with van der Waals surface area (Å²) in [5, 5.41) is 2.91. The first-order chi connectivity index (χ1) is 11.7. The third kappa shape index (κ3) is 5.76. The van der Waals surface area contributed by atoms with Crippen LogP contribution in [0.3, 0.4) is 0 Å². The highest BCUT2D eigenvalue weighted by molar-refractivity contribution is 5.91. The molecule has 2 aromatic carbocycles. The van der Waals surface area contributed by atoms with E-state index >= 15 is 0 Å². The van der Waals surface area contributed by atoms with Crippen LogP contribution in [0.1, 0.15) is 43.7 Å². The first-order valence-corrected chi connectivity index (χ1v) is 8.58. The fourth-order valence-corrected chi connectivity index (χ4v) is 3.08. The Morgan fingerprint density at radius 1 is 1.12 bits per heavy atom. The van der Waals surface area contributed by atoms with E-state index in [1.54, 1.807) is 0 Å². The Labute approximate surface area is 155 Å². The molecule has 0 aliphatic heterocycles. The molecule has 1 fully saturated rings. The van der Waals surface area contributed by atoms with Crippen LogP contribution < -0.4 is 15.8 Å². The van der Waals surface area contributed by atoms with E-state index in [0.29, 0.717) is 6.10 Å². The number of rotatable bonds is 6. The first-order valence-electron chi connectivity index (χ1n) is 8.58. The number of anilines is 1. The molecule has 0 bridgehead atoms. The Kier molecular flexibility index (Phi) is 7.29. The lowest BCUT2D eigenvalue weighted by Crippen LogP contribution is -2.20. The molecule has 0 heterocycles. The molecule has 2 aromatic rings. The van der Waals surface area contributed by atoms with Crippen molar-refractivity contribution in [3.05, 3.63) is 60.2 Å². The summed E-state index contributed by atoms with van der Waals surface area (Å²) in [5.74, 6) is 0.719. The van der Waals surface area contributed by atoms with Gasteiger partial charge in [0.05, 0.1) is 6.10 Å². The minimum Gasteiger partial charge on any atom is -0.490 e. The van der Waals surface area contributed by atoms with Gasteiger partial charge < -0.3 is 15.8 Å². The minimum absolute atomic E-state index is 0. The van der Waals surface area contributed by atoms with Crippen molar-refractivity contribution in [1.82, 2.24) is 0 Å². The average Bonchev–Trinajstić information content (AvgIpc) is 3.09. The molecule has 0 aromatic heterocycles. The van der Waals surface area contributed by atoms with Crippen LogP contribution in [0.15, 0.2) is 54.6 Å². The largest absolute Gasteiger partial charge is 0.490 e. The summed E-state index contributed by atoms with van der Waals surface area (Å²) >= 11 is 0. The number of ether oxygens (including phenoxy) is 1. The van der Waals surface area contributed by atoms with Gasteiger partial charge in [0.1, 0.15) is 5.75 Å². The van der Waals surface area contributed by atoms with E-state index < -0.39 is 0 Å². The first kappa shape index (κ1) is 19.3. The summed E-state index contributed by atoms with van der Waals surface area (Å²) in [4.78, 5) is 12.2. The van der Waals surface area contributed by atoms with E-state index in [2.05, 4.69) is 5.32 Å². The lowest BCUT2D eigenvalue weighted by atomic mass is 10.0. The van der Waals surface area contributed by atoms with E-state index in [4.69, 9.17) is 10.5 Å². The molecule has 1 aliphatic carbocycles. The van der Waals surface area contributed by atoms with Gasteiger partial charge in [0.2, 0.25) is 5.91 Å². The molecular weight excluding hydrogens is 336 g/mol. The number of halogens is 1. The van der Waals surface area contributed by atoms with Crippen LogP contribution in [-0.2, 0) is 4.79 Å². The number of benzene rings is 2. The van der Waals surface area contributed by atoms with Crippen molar-refractivity contribution < 1.29 is 9.53 Å². The third-order valence-electron chi connectivity index (χ3n) is 4.36. The molecule has 4 nitrogen and oxygen atoms in total. The van der Waals surface area contributed by atoms with E-state index in [1.807, 2.05) is 54.6 Å². The Morgan fingerprint density at radius 3 is 2.56 bits per heavy atom. The highest BCUT2D eigenvalue weighted by Gasteiger charge is 2.17. The second-order valence-corrected chi connectivity index (χ2v) is 6.32. The van der Waals surface area contributed by atoms with E-state index in [0.717, 1.165) is 29.8 Å². The van der Waals surface area contributed by atoms with Crippen molar-refractivity contribution >= 4 is 24.0 Å². The van der Waals surface area contributed by atoms with Gasteiger partial charge >= 0.3 is 0 Å². The van der Waals surface area contributed by atoms with Crippen molar-refractivity contribution in [3.63, 3.8) is 0 Å². The molecule has 0 saturated heterocycles. The monoisotopic (exact) mass is 360 g/mol. The van der Waals surface area contributed by atoms with Gasteiger partial charge in [0.15, 0.2) is 0 Å². The highest BCUT2D eigenvalue weighted by atomic mass is 35.5. The predicted molar refractivity (Wildman–Crippen MR) is 103 cm³/mol. The molecule has 25 heavy (non-hydrogen) atoms. The SMILES string of the molecule is Cl.NC(CC(=O)Nc1cccc(OC2CCCC2)c1)c1ccccc1. The molecular formula is C20H25ClN2O2. The number of hydrogen-bond donors (Lipinski definition) is 2. The quantitative estimate of drug-likeness (QED) is 0.799. The summed E-state index contributed by atoms with van der Waals surface area (Å²) in [6.07, 6.45) is 5.25. The molecule has 0 spiro atoms. The van der Waals surface area contributed by atoms with Crippen LogP contribution in [0.5, 0.6) is 5.75 Å². The van der Waals surface area contributed by atoms with E-state index in [1.165, 1.54) is 12.8 Å². The second-order valence-electron chi connectivity index (χ2n) is 6.32. The predicted octanol–water partition coefficient (Wildman–Crippen LogP) is 4.46. The Bertz CT molecular complexity index is 672. The lowest BCUT2D eigenvalue weighted by Gasteiger charge is -2.15. The summed E-state index contributed by atoms with van der Waals surface area (Å²) in [5.41, 5.74) is 7.81. The molecule has 1 saturated carbocycles.